The maximum Gasteiger partial charge on any atom is 0.242 e. The van der Waals surface area contributed by atoms with Crippen molar-refractivity contribution in [1.29, 1.82) is 0 Å². The molecule has 7 heteroatoms. The molecule has 1 saturated heterocycles. The third-order valence-corrected chi connectivity index (χ3v) is 4.87. The van der Waals surface area contributed by atoms with Gasteiger partial charge in [0.1, 0.15) is 10.7 Å². The zero-order chi connectivity index (χ0) is 14.6. The number of rotatable bonds is 6. The van der Waals surface area contributed by atoms with E-state index in [1.54, 1.807) is 0 Å². The van der Waals surface area contributed by atoms with Gasteiger partial charge in [-0.25, -0.2) is 18.1 Å². The number of hydrogen-bond acceptors (Lipinski definition) is 5. The highest BCUT2D eigenvalue weighted by Gasteiger charge is 2.18. The molecule has 20 heavy (non-hydrogen) atoms. The third-order valence-electron chi connectivity index (χ3n) is 3.46. The van der Waals surface area contributed by atoms with E-state index < -0.39 is 10.0 Å². The first-order valence-corrected chi connectivity index (χ1v) is 8.39. The van der Waals surface area contributed by atoms with Gasteiger partial charge in [-0.1, -0.05) is 6.92 Å². The summed E-state index contributed by atoms with van der Waals surface area (Å²) in [6.45, 7) is 5.67. The number of nitrogen functional groups attached to an aromatic ring is 1. The van der Waals surface area contributed by atoms with E-state index in [0.717, 1.165) is 19.6 Å². The van der Waals surface area contributed by atoms with Crippen LogP contribution in [0.1, 0.15) is 19.8 Å². The molecule has 6 nitrogen and oxygen atoms in total. The van der Waals surface area contributed by atoms with Gasteiger partial charge in [-0.15, -0.1) is 0 Å². The topological polar surface area (TPSA) is 88.3 Å². The fraction of sp³-hybridized carbons (Fsp3) is 0.615. The molecule has 1 aromatic heterocycles. The number of nitrogens with one attached hydrogen (secondary N) is 1. The second kappa shape index (κ2) is 6.51. The molecule has 0 bridgehead atoms. The van der Waals surface area contributed by atoms with Crippen LogP contribution in [0.15, 0.2) is 23.2 Å². The van der Waals surface area contributed by atoms with E-state index in [2.05, 4.69) is 21.5 Å². The molecule has 0 spiro atoms. The molecule has 0 aliphatic carbocycles. The first kappa shape index (κ1) is 15.2. The van der Waals surface area contributed by atoms with Gasteiger partial charge in [-0.2, -0.15) is 0 Å². The van der Waals surface area contributed by atoms with Crippen molar-refractivity contribution in [3.63, 3.8) is 0 Å². The van der Waals surface area contributed by atoms with Crippen LogP contribution in [0.2, 0.25) is 0 Å². The Morgan fingerprint density at radius 1 is 1.40 bits per heavy atom. The van der Waals surface area contributed by atoms with Gasteiger partial charge in [0.05, 0.1) is 0 Å². The van der Waals surface area contributed by atoms with E-state index in [-0.39, 0.29) is 10.8 Å². The summed E-state index contributed by atoms with van der Waals surface area (Å²) in [4.78, 5) is 6.34. The van der Waals surface area contributed by atoms with E-state index in [9.17, 15) is 8.42 Å². The normalized spacial score (nSPS) is 18.2. The Balaban J connectivity index is 1.86. The number of nitrogens with two attached hydrogens (primary N) is 1. The minimum absolute atomic E-state index is 0.153. The standard InChI is InChI=1S/C13H22N4O2S/c1-11(10-17-6-2-3-7-17)8-16-20(18,19)12-4-5-13(14)15-9-12/h4-5,9,11,16H,2-3,6-8,10H2,1H3,(H2,14,15). The number of aromatic nitrogens is 1. The van der Waals surface area contributed by atoms with Crippen molar-refractivity contribution in [2.45, 2.75) is 24.7 Å². The molecule has 1 aliphatic rings. The number of likely N-dealkylation sites (tertiary alicyclic amines) is 1. The molecule has 2 rings (SSSR count). The number of sulfonamides is 1. The predicted octanol–water partition coefficient (Wildman–Crippen LogP) is 0.674. The number of pyridine rings is 1. The van der Waals surface area contributed by atoms with Crippen molar-refractivity contribution < 1.29 is 8.42 Å². The SMILES string of the molecule is CC(CNS(=O)(=O)c1ccc(N)nc1)CN1CCCC1. The van der Waals surface area contributed by atoms with Crippen LogP contribution in [0, 0.1) is 5.92 Å². The van der Waals surface area contributed by atoms with Gasteiger partial charge in [0, 0.05) is 19.3 Å². The summed E-state index contributed by atoms with van der Waals surface area (Å²) in [7, 11) is -3.49. The number of nitrogens with zero attached hydrogens (tertiary/aromatic N) is 2. The Bertz CT molecular complexity index is 524. The van der Waals surface area contributed by atoms with Crippen molar-refractivity contribution >= 4 is 15.8 Å². The lowest BCUT2D eigenvalue weighted by molar-refractivity contribution is 0.288. The van der Waals surface area contributed by atoms with Gasteiger partial charge in [-0.05, 0) is 44.0 Å². The van der Waals surface area contributed by atoms with E-state index in [1.807, 2.05) is 0 Å². The molecule has 0 amide bonds. The van der Waals surface area contributed by atoms with Crippen LogP contribution in [0.5, 0.6) is 0 Å². The summed E-state index contributed by atoms with van der Waals surface area (Å²) in [6.07, 6.45) is 3.77. The van der Waals surface area contributed by atoms with Gasteiger partial charge in [0.25, 0.3) is 0 Å². The van der Waals surface area contributed by atoms with Crippen LogP contribution in [0.25, 0.3) is 0 Å². The molecular formula is C13H22N4O2S. The Kier molecular flexibility index (Phi) is 4.95. The van der Waals surface area contributed by atoms with Gasteiger partial charge < -0.3 is 10.6 Å². The highest BCUT2D eigenvalue weighted by Crippen LogP contribution is 2.12. The van der Waals surface area contributed by atoms with E-state index in [0.29, 0.717) is 12.4 Å². The third kappa shape index (κ3) is 4.16. The average molecular weight is 298 g/mol. The summed E-state index contributed by atoms with van der Waals surface area (Å²) < 4.78 is 26.8. The first-order chi connectivity index (χ1) is 9.47. The molecule has 1 aliphatic heterocycles. The van der Waals surface area contributed by atoms with Crippen LogP contribution in [-0.4, -0.2) is 44.5 Å². The minimum atomic E-state index is -3.49. The number of hydrogen-bond donors (Lipinski definition) is 2. The van der Waals surface area contributed by atoms with Crippen LogP contribution in [0.4, 0.5) is 5.82 Å². The van der Waals surface area contributed by atoms with Crippen LogP contribution in [-0.2, 0) is 10.0 Å². The maximum absolute atomic E-state index is 12.1. The maximum atomic E-state index is 12.1. The lowest BCUT2D eigenvalue weighted by Crippen LogP contribution is -2.34. The molecule has 1 aromatic rings. The van der Waals surface area contributed by atoms with Crippen molar-refractivity contribution in [2.24, 2.45) is 5.92 Å². The Morgan fingerprint density at radius 2 is 2.10 bits per heavy atom. The van der Waals surface area contributed by atoms with Crippen LogP contribution < -0.4 is 10.5 Å². The Labute approximate surface area is 120 Å². The quantitative estimate of drug-likeness (QED) is 0.806. The predicted molar refractivity (Wildman–Crippen MR) is 78.7 cm³/mol. The zero-order valence-corrected chi connectivity index (χ0v) is 12.6. The Hall–Kier alpha value is -1.18. The monoisotopic (exact) mass is 298 g/mol. The van der Waals surface area contributed by atoms with Gasteiger partial charge >= 0.3 is 0 Å². The molecule has 3 N–H and O–H groups in total. The Morgan fingerprint density at radius 3 is 2.70 bits per heavy atom. The van der Waals surface area contributed by atoms with Crippen molar-refractivity contribution in [3.8, 4) is 0 Å². The summed E-state index contributed by atoms with van der Waals surface area (Å²) in [5.41, 5.74) is 5.45. The van der Waals surface area contributed by atoms with Crippen LogP contribution >= 0.6 is 0 Å². The van der Waals surface area contributed by atoms with Crippen molar-refractivity contribution in [2.75, 3.05) is 31.9 Å². The molecule has 0 aromatic carbocycles. The van der Waals surface area contributed by atoms with Crippen LogP contribution in [0.3, 0.4) is 0 Å². The largest absolute Gasteiger partial charge is 0.384 e. The molecule has 1 fully saturated rings. The minimum Gasteiger partial charge on any atom is -0.384 e. The summed E-state index contributed by atoms with van der Waals surface area (Å²) in [5, 5.41) is 0. The van der Waals surface area contributed by atoms with Crippen molar-refractivity contribution in [1.82, 2.24) is 14.6 Å². The molecule has 112 valence electrons. The molecular weight excluding hydrogens is 276 g/mol. The van der Waals surface area contributed by atoms with Gasteiger partial charge in [0.2, 0.25) is 10.0 Å². The highest BCUT2D eigenvalue weighted by atomic mass is 32.2. The molecule has 1 atom stereocenters. The molecule has 0 radical (unpaired) electrons. The summed E-state index contributed by atoms with van der Waals surface area (Å²) in [5.74, 6) is 0.593. The van der Waals surface area contributed by atoms with E-state index in [1.165, 1.54) is 31.2 Å². The second-order valence-corrected chi connectivity index (χ2v) is 7.15. The lowest BCUT2D eigenvalue weighted by Gasteiger charge is -2.20. The molecule has 0 saturated carbocycles. The molecule has 2 heterocycles. The lowest BCUT2D eigenvalue weighted by atomic mass is 10.2. The van der Waals surface area contributed by atoms with Gasteiger partial charge in [0.15, 0.2) is 0 Å². The van der Waals surface area contributed by atoms with Crippen molar-refractivity contribution in [3.05, 3.63) is 18.3 Å². The molecule has 1 unspecified atom stereocenters. The summed E-state index contributed by atoms with van der Waals surface area (Å²) in [6, 6.07) is 2.96. The van der Waals surface area contributed by atoms with Gasteiger partial charge in [-0.3, -0.25) is 0 Å². The smallest absolute Gasteiger partial charge is 0.242 e. The fourth-order valence-electron chi connectivity index (χ4n) is 2.36. The summed E-state index contributed by atoms with van der Waals surface area (Å²) >= 11 is 0. The first-order valence-electron chi connectivity index (χ1n) is 6.91. The average Bonchev–Trinajstić information content (AvgIpc) is 2.90. The second-order valence-electron chi connectivity index (χ2n) is 5.38. The zero-order valence-electron chi connectivity index (χ0n) is 11.7. The van der Waals surface area contributed by atoms with E-state index in [4.69, 9.17) is 5.73 Å². The number of anilines is 1. The fourth-order valence-corrected chi connectivity index (χ4v) is 3.47. The van der Waals surface area contributed by atoms with E-state index >= 15 is 0 Å². The highest BCUT2D eigenvalue weighted by molar-refractivity contribution is 7.89.